The van der Waals surface area contributed by atoms with Gasteiger partial charge in [-0.05, 0) is 5.92 Å². The molecule has 0 radical (unpaired) electrons. The molecule has 4 nitrogen and oxygen atoms in total. The average Bonchev–Trinajstić information content (AvgIpc) is 1.89. The van der Waals surface area contributed by atoms with E-state index < -0.39 is 5.97 Å². The minimum absolute atomic E-state index is 0. The van der Waals surface area contributed by atoms with E-state index in [1.807, 2.05) is 0 Å². The van der Waals surface area contributed by atoms with Crippen molar-refractivity contribution < 1.29 is 32.3 Å². The zero-order valence-electron chi connectivity index (χ0n) is 6.76. The summed E-state index contributed by atoms with van der Waals surface area (Å²) in [4.78, 5) is 9.59. The first-order valence-electron chi connectivity index (χ1n) is 3.17. The standard InChI is InChI=1S/C4H8O2.C2H8N2.Ag/c1-3(2)4(5)6;3-1-2-4;/h3H,1-2H3,(H,5,6);1-4H2;/q;;+1/p-1. The molecule has 0 aromatic heterocycles. The van der Waals surface area contributed by atoms with Crippen molar-refractivity contribution in [2.75, 3.05) is 13.1 Å². The molecule has 0 bridgehead atoms. The second kappa shape index (κ2) is 12.8. The Morgan fingerprint density at radius 3 is 1.55 bits per heavy atom. The van der Waals surface area contributed by atoms with Crippen LogP contribution in [0.15, 0.2) is 0 Å². The van der Waals surface area contributed by atoms with Crippen LogP contribution in [0.5, 0.6) is 0 Å². The van der Waals surface area contributed by atoms with Crippen molar-refractivity contribution in [3.05, 3.63) is 0 Å². The minimum atomic E-state index is -0.991. The fourth-order valence-corrected chi connectivity index (χ4v) is 0. The minimum Gasteiger partial charge on any atom is -0.550 e. The smallest absolute Gasteiger partial charge is 0.550 e. The van der Waals surface area contributed by atoms with Gasteiger partial charge in [-0.1, -0.05) is 13.8 Å². The second-order valence-electron chi connectivity index (χ2n) is 2.05. The predicted octanol–water partition coefficient (Wildman–Crippen LogP) is -1.71. The summed E-state index contributed by atoms with van der Waals surface area (Å²) in [6.07, 6.45) is 0. The first kappa shape index (κ1) is 17.3. The number of rotatable bonds is 2. The van der Waals surface area contributed by atoms with Gasteiger partial charge in [-0.3, -0.25) is 0 Å². The van der Waals surface area contributed by atoms with Crippen molar-refractivity contribution in [2.45, 2.75) is 13.8 Å². The first-order valence-corrected chi connectivity index (χ1v) is 3.17. The van der Waals surface area contributed by atoms with Crippen molar-refractivity contribution in [3.63, 3.8) is 0 Å². The van der Waals surface area contributed by atoms with Crippen molar-refractivity contribution in [3.8, 4) is 0 Å². The van der Waals surface area contributed by atoms with Gasteiger partial charge >= 0.3 is 22.4 Å². The largest absolute Gasteiger partial charge is 1.00 e. The maximum Gasteiger partial charge on any atom is 1.00 e. The molecule has 11 heavy (non-hydrogen) atoms. The van der Waals surface area contributed by atoms with Gasteiger partial charge in [0.1, 0.15) is 0 Å². The molecule has 0 heterocycles. The third kappa shape index (κ3) is 25.4. The third-order valence-electron chi connectivity index (χ3n) is 0.638. The fraction of sp³-hybridized carbons (Fsp3) is 0.833. The maximum atomic E-state index is 9.59. The number of aliphatic carboxylic acids is 1. The van der Waals surface area contributed by atoms with E-state index in [0.29, 0.717) is 13.1 Å². The van der Waals surface area contributed by atoms with Gasteiger partial charge in [0.15, 0.2) is 0 Å². The Balaban J connectivity index is -0.000000114. The van der Waals surface area contributed by atoms with Crippen LogP contribution in [0.4, 0.5) is 0 Å². The number of carboxylic acid groups (broad SMARTS) is 1. The van der Waals surface area contributed by atoms with Gasteiger partial charge in [0, 0.05) is 19.1 Å². The monoisotopic (exact) mass is 254 g/mol. The van der Waals surface area contributed by atoms with Gasteiger partial charge in [0.25, 0.3) is 0 Å². The SMILES string of the molecule is CC(C)C(=O)[O-].NCCN.[Ag+]. The van der Waals surface area contributed by atoms with E-state index in [2.05, 4.69) is 0 Å². The molecular weight excluding hydrogens is 240 g/mol. The van der Waals surface area contributed by atoms with Crippen LogP contribution in [0, 0.1) is 5.92 Å². The van der Waals surface area contributed by atoms with Crippen molar-refractivity contribution in [2.24, 2.45) is 17.4 Å². The summed E-state index contributed by atoms with van der Waals surface area (Å²) in [6, 6.07) is 0. The van der Waals surface area contributed by atoms with Gasteiger partial charge < -0.3 is 21.4 Å². The molecule has 0 spiro atoms. The molecule has 72 valence electrons. The van der Waals surface area contributed by atoms with Crippen LogP contribution >= 0.6 is 0 Å². The summed E-state index contributed by atoms with van der Waals surface area (Å²) in [5.74, 6) is -1.33. The second-order valence-corrected chi connectivity index (χ2v) is 2.05. The zero-order chi connectivity index (χ0) is 8.57. The number of carbonyl (C=O) groups is 1. The van der Waals surface area contributed by atoms with Crippen LogP contribution in [0.1, 0.15) is 13.8 Å². The zero-order valence-corrected chi connectivity index (χ0v) is 8.25. The Morgan fingerprint density at radius 1 is 1.36 bits per heavy atom. The summed E-state index contributed by atoms with van der Waals surface area (Å²) >= 11 is 0. The van der Waals surface area contributed by atoms with Gasteiger partial charge in [-0.15, -0.1) is 0 Å². The van der Waals surface area contributed by atoms with Crippen LogP contribution in [0.25, 0.3) is 0 Å². The molecule has 0 saturated heterocycles. The number of hydrogen-bond acceptors (Lipinski definition) is 4. The molecule has 0 aliphatic carbocycles. The van der Waals surface area contributed by atoms with Gasteiger partial charge in [0.2, 0.25) is 0 Å². The molecule has 0 aliphatic heterocycles. The van der Waals surface area contributed by atoms with Crippen LogP contribution in [-0.2, 0) is 27.2 Å². The summed E-state index contributed by atoms with van der Waals surface area (Å²) in [6.45, 7) is 4.35. The summed E-state index contributed by atoms with van der Waals surface area (Å²) in [5, 5.41) is 9.59. The van der Waals surface area contributed by atoms with Crippen LogP contribution in [0.2, 0.25) is 0 Å². The van der Waals surface area contributed by atoms with E-state index in [4.69, 9.17) is 11.5 Å². The Hall–Kier alpha value is 0.130. The summed E-state index contributed by atoms with van der Waals surface area (Å²) in [5.41, 5.74) is 9.81. The van der Waals surface area contributed by atoms with Crippen LogP contribution in [0.3, 0.4) is 0 Å². The quantitative estimate of drug-likeness (QED) is 0.575. The molecule has 0 amide bonds. The molecule has 0 fully saturated rings. The maximum absolute atomic E-state index is 9.59. The van der Waals surface area contributed by atoms with Crippen LogP contribution in [-0.4, -0.2) is 19.1 Å². The molecule has 0 aromatic rings. The number of hydrogen-bond donors (Lipinski definition) is 2. The average molecular weight is 255 g/mol. The third-order valence-corrected chi connectivity index (χ3v) is 0.638. The van der Waals surface area contributed by atoms with Crippen LogP contribution < -0.4 is 16.6 Å². The Kier molecular flexibility index (Phi) is 20.1. The molecule has 0 saturated carbocycles. The molecule has 5 heteroatoms. The van der Waals surface area contributed by atoms with E-state index >= 15 is 0 Å². The van der Waals surface area contributed by atoms with E-state index in [-0.39, 0.29) is 28.3 Å². The number of carbonyl (C=O) groups excluding carboxylic acids is 1. The van der Waals surface area contributed by atoms with Gasteiger partial charge in [-0.25, -0.2) is 0 Å². The number of nitrogens with two attached hydrogens (primary N) is 2. The van der Waals surface area contributed by atoms with E-state index in [0.717, 1.165) is 0 Å². The Labute approximate surface area is 82.8 Å². The van der Waals surface area contributed by atoms with Crippen molar-refractivity contribution in [1.82, 2.24) is 0 Å². The molecule has 0 atom stereocenters. The molecule has 0 aromatic carbocycles. The van der Waals surface area contributed by atoms with E-state index in [9.17, 15) is 9.90 Å². The first-order chi connectivity index (χ1) is 4.56. The molecule has 4 N–H and O–H groups in total. The van der Waals surface area contributed by atoms with Crippen molar-refractivity contribution in [1.29, 1.82) is 0 Å². The van der Waals surface area contributed by atoms with Gasteiger partial charge in [-0.2, -0.15) is 0 Å². The fourth-order valence-electron chi connectivity index (χ4n) is 0. The normalized spacial score (nSPS) is 7.73. The Morgan fingerprint density at radius 2 is 1.55 bits per heavy atom. The molecule has 0 unspecified atom stereocenters. The van der Waals surface area contributed by atoms with Crippen molar-refractivity contribution >= 4 is 5.97 Å². The Bertz CT molecular complexity index is 86.7. The summed E-state index contributed by atoms with van der Waals surface area (Å²) in [7, 11) is 0. The van der Waals surface area contributed by atoms with E-state index in [1.165, 1.54) is 0 Å². The van der Waals surface area contributed by atoms with E-state index in [1.54, 1.807) is 13.8 Å². The van der Waals surface area contributed by atoms with Gasteiger partial charge in [0.05, 0.1) is 0 Å². The number of carboxylic acids is 1. The topological polar surface area (TPSA) is 92.2 Å². The molecular formula is C6H15AgN2O2. The molecule has 0 aliphatic rings. The summed E-state index contributed by atoms with van der Waals surface area (Å²) < 4.78 is 0. The molecule has 0 rings (SSSR count). The predicted molar refractivity (Wildman–Crippen MR) is 38.0 cm³/mol.